The van der Waals surface area contributed by atoms with E-state index in [9.17, 15) is 9.59 Å². The lowest BCUT2D eigenvalue weighted by atomic mass is 10.1. The number of benzene rings is 2. The van der Waals surface area contributed by atoms with Gasteiger partial charge in [-0.2, -0.15) is 0 Å². The van der Waals surface area contributed by atoms with Crippen molar-refractivity contribution >= 4 is 29.2 Å². The summed E-state index contributed by atoms with van der Waals surface area (Å²) in [6, 6.07) is 16.1. The van der Waals surface area contributed by atoms with Gasteiger partial charge in [0.25, 0.3) is 5.91 Å². The van der Waals surface area contributed by atoms with Crippen LogP contribution in [0, 0.1) is 0 Å². The number of carbonyl (C=O) groups excluding carboxylic acids is 2. The highest BCUT2D eigenvalue weighted by molar-refractivity contribution is 6.33. The van der Waals surface area contributed by atoms with Gasteiger partial charge < -0.3 is 24.2 Å². The molecule has 4 rings (SSSR count). The first kappa shape index (κ1) is 27.2. The normalized spacial score (nSPS) is 13.4. The van der Waals surface area contributed by atoms with Crippen LogP contribution in [0.5, 0.6) is 11.5 Å². The third kappa shape index (κ3) is 5.99. The lowest BCUT2D eigenvalue weighted by molar-refractivity contribution is -0.132. The van der Waals surface area contributed by atoms with E-state index in [1.54, 1.807) is 48.3 Å². The number of aromatic nitrogens is 2. The number of rotatable bonds is 8. The molecule has 0 unspecified atom stereocenters. The molecule has 1 saturated heterocycles. The van der Waals surface area contributed by atoms with Crippen LogP contribution in [0.2, 0.25) is 5.02 Å². The Morgan fingerprint density at radius 2 is 1.71 bits per heavy atom. The molecule has 0 spiro atoms. The van der Waals surface area contributed by atoms with E-state index in [-0.39, 0.29) is 24.4 Å². The number of anilines is 1. The number of piperazine rings is 1. The zero-order chi connectivity index (χ0) is 27.2. The largest absolute Gasteiger partial charge is 0.497 e. The van der Waals surface area contributed by atoms with Gasteiger partial charge in [-0.25, -0.2) is 0 Å². The maximum absolute atomic E-state index is 13.1. The molecule has 0 radical (unpaired) electrons. The van der Waals surface area contributed by atoms with Crippen molar-refractivity contribution in [3.8, 4) is 22.8 Å². The molecule has 1 fully saturated rings. The van der Waals surface area contributed by atoms with Crippen LogP contribution in [0.3, 0.4) is 0 Å². The molecular weight excluding hydrogens is 506 g/mol. The highest BCUT2D eigenvalue weighted by Crippen LogP contribution is 2.32. The second-order valence-corrected chi connectivity index (χ2v) is 9.62. The standard InChI is InChI=1S/C28H32ClN5O4/c1-19(2)34(28(36)21-7-5-6-8-23(21)29)18-27(35)33-15-13-32(14-16-33)26-12-11-24(30-31-26)22-10-9-20(37-3)17-25(22)38-4/h5-12,17,19H,13-16,18H2,1-4H3. The van der Waals surface area contributed by atoms with Gasteiger partial charge >= 0.3 is 0 Å². The number of hydrogen-bond acceptors (Lipinski definition) is 7. The molecule has 0 saturated carbocycles. The maximum Gasteiger partial charge on any atom is 0.256 e. The molecule has 38 heavy (non-hydrogen) atoms. The predicted octanol–water partition coefficient (Wildman–Crippen LogP) is 4.01. The molecule has 0 atom stereocenters. The molecule has 1 aliphatic heterocycles. The lowest BCUT2D eigenvalue weighted by Gasteiger charge is -2.36. The van der Waals surface area contributed by atoms with Crippen LogP contribution < -0.4 is 14.4 Å². The number of halogens is 1. The van der Waals surface area contributed by atoms with E-state index < -0.39 is 0 Å². The molecule has 1 aromatic heterocycles. The van der Waals surface area contributed by atoms with E-state index in [1.807, 2.05) is 44.2 Å². The molecule has 9 nitrogen and oxygen atoms in total. The molecule has 2 heterocycles. The van der Waals surface area contributed by atoms with Crippen LogP contribution in [-0.4, -0.2) is 84.8 Å². The number of hydrogen-bond donors (Lipinski definition) is 0. The fourth-order valence-electron chi connectivity index (χ4n) is 4.36. The number of nitrogens with zero attached hydrogens (tertiary/aromatic N) is 5. The van der Waals surface area contributed by atoms with Crippen LogP contribution in [-0.2, 0) is 4.79 Å². The van der Waals surface area contributed by atoms with Gasteiger partial charge in [0.1, 0.15) is 18.0 Å². The molecular formula is C28H32ClN5O4. The highest BCUT2D eigenvalue weighted by atomic mass is 35.5. The first-order valence-corrected chi connectivity index (χ1v) is 12.8. The number of carbonyl (C=O) groups is 2. The summed E-state index contributed by atoms with van der Waals surface area (Å²) >= 11 is 6.23. The average molecular weight is 538 g/mol. The lowest BCUT2D eigenvalue weighted by Crippen LogP contribution is -2.53. The fraction of sp³-hybridized carbons (Fsp3) is 0.357. The van der Waals surface area contributed by atoms with E-state index in [4.69, 9.17) is 21.1 Å². The summed E-state index contributed by atoms with van der Waals surface area (Å²) < 4.78 is 10.7. The molecule has 2 amide bonds. The number of amides is 2. The second kappa shape index (κ2) is 12.1. The molecule has 10 heteroatoms. The summed E-state index contributed by atoms with van der Waals surface area (Å²) in [5, 5.41) is 9.21. The van der Waals surface area contributed by atoms with Crippen LogP contribution in [0.1, 0.15) is 24.2 Å². The predicted molar refractivity (Wildman–Crippen MR) is 147 cm³/mol. The van der Waals surface area contributed by atoms with Crippen LogP contribution >= 0.6 is 11.6 Å². The first-order valence-electron chi connectivity index (χ1n) is 12.5. The summed E-state index contributed by atoms with van der Waals surface area (Å²) in [4.78, 5) is 31.7. The van der Waals surface area contributed by atoms with Crippen molar-refractivity contribution in [3.05, 3.63) is 65.2 Å². The molecule has 200 valence electrons. The maximum atomic E-state index is 13.1. The summed E-state index contributed by atoms with van der Waals surface area (Å²) in [5.41, 5.74) is 1.91. The van der Waals surface area contributed by atoms with E-state index in [1.165, 1.54) is 0 Å². The zero-order valence-corrected chi connectivity index (χ0v) is 22.8. The van der Waals surface area contributed by atoms with Gasteiger partial charge in [-0.3, -0.25) is 9.59 Å². The van der Waals surface area contributed by atoms with Crippen molar-refractivity contribution in [2.45, 2.75) is 19.9 Å². The van der Waals surface area contributed by atoms with Crippen molar-refractivity contribution in [1.82, 2.24) is 20.0 Å². The second-order valence-electron chi connectivity index (χ2n) is 9.22. The minimum Gasteiger partial charge on any atom is -0.497 e. The van der Waals surface area contributed by atoms with Crippen LogP contribution in [0.15, 0.2) is 54.6 Å². The van der Waals surface area contributed by atoms with Gasteiger partial charge in [0.2, 0.25) is 5.91 Å². The molecule has 0 aliphatic carbocycles. The van der Waals surface area contributed by atoms with Gasteiger partial charge in [0, 0.05) is 43.9 Å². The van der Waals surface area contributed by atoms with Crippen molar-refractivity contribution < 1.29 is 19.1 Å². The third-order valence-electron chi connectivity index (χ3n) is 6.59. The molecule has 2 aromatic carbocycles. The van der Waals surface area contributed by atoms with Crippen LogP contribution in [0.25, 0.3) is 11.3 Å². The molecule has 1 aliphatic rings. The minimum absolute atomic E-state index is 0.0000796. The zero-order valence-electron chi connectivity index (χ0n) is 22.1. The Balaban J connectivity index is 1.37. The van der Waals surface area contributed by atoms with Crippen molar-refractivity contribution in [1.29, 1.82) is 0 Å². The summed E-state index contributed by atoms with van der Waals surface area (Å²) in [6.07, 6.45) is 0. The Bertz CT molecular complexity index is 1280. The number of ether oxygens (including phenoxy) is 2. The summed E-state index contributed by atoms with van der Waals surface area (Å²) in [6.45, 7) is 6.08. The minimum atomic E-state index is -0.249. The van der Waals surface area contributed by atoms with E-state index in [0.29, 0.717) is 54.0 Å². The van der Waals surface area contributed by atoms with Gasteiger partial charge in [-0.05, 0) is 50.2 Å². The van der Waals surface area contributed by atoms with E-state index in [0.717, 1.165) is 11.4 Å². The smallest absolute Gasteiger partial charge is 0.256 e. The average Bonchev–Trinajstić information content (AvgIpc) is 2.95. The monoisotopic (exact) mass is 537 g/mol. The fourth-order valence-corrected chi connectivity index (χ4v) is 4.57. The SMILES string of the molecule is COc1ccc(-c2ccc(N3CCN(C(=O)CN(C(=O)c4ccccc4Cl)C(C)C)CC3)nn2)c(OC)c1. The van der Waals surface area contributed by atoms with Gasteiger partial charge in [0.05, 0.1) is 30.5 Å². The van der Waals surface area contributed by atoms with E-state index in [2.05, 4.69) is 15.1 Å². The third-order valence-corrected chi connectivity index (χ3v) is 6.92. The van der Waals surface area contributed by atoms with E-state index >= 15 is 0 Å². The van der Waals surface area contributed by atoms with Crippen molar-refractivity contribution in [2.75, 3.05) is 51.8 Å². The Morgan fingerprint density at radius 1 is 0.974 bits per heavy atom. The number of methoxy groups -OCH3 is 2. The Labute approximate surface area is 227 Å². The Morgan fingerprint density at radius 3 is 2.32 bits per heavy atom. The molecule has 0 N–H and O–H groups in total. The van der Waals surface area contributed by atoms with Crippen LogP contribution in [0.4, 0.5) is 5.82 Å². The van der Waals surface area contributed by atoms with Gasteiger partial charge in [-0.1, -0.05) is 23.7 Å². The quantitative estimate of drug-likeness (QED) is 0.429. The molecule has 3 aromatic rings. The van der Waals surface area contributed by atoms with Gasteiger partial charge in [0.15, 0.2) is 5.82 Å². The highest BCUT2D eigenvalue weighted by Gasteiger charge is 2.28. The van der Waals surface area contributed by atoms with Crippen molar-refractivity contribution in [2.24, 2.45) is 0 Å². The summed E-state index contributed by atoms with van der Waals surface area (Å²) in [7, 11) is 3.21. The Hall–Kier alpha value is -3.85. The molecule has 0 bridgehead atoms. The Kier molecular flexibility index (Phi) is 8.68. The van der Waals surface area contributed by atoms with Crippen molar-refractivity contribution in [3.63, 3.8) is 0 Å². The topological polar surface area (TPSA) is 88.1 Å². The first-order chi connectivity index (χ1) is 18.3. The summed E-state index contributed by atoms with van der Waals surface area (Å²) in [5.74, 6) is 1.76. The van der Waals surface area contributed by atoms with Gasteiger partial charge in [-0.15, -0.1) is 10.2 Å².